The van der Waals surface area contributed by atoms with Gasteiger partial charge in [-0.2, -0.15) is 0 Å². The van der Waals surface area contributed by atoms with E-state index >= 15 is 0 Å². The highest BCUT2D eigenvalue weighted by molar-refractivity contribution is 7.99. The second kappa shape index (κ2) is 8.77. The second-order valence-electron chi connectivity index (χ2n) is 4.61. The van der Waals surface area contributed by atoms with Gasteiger partial charge in [-0.25, -0.2) is 0 Å². The van der Waals surface area contributed by atoms with Gasteiger partial charge in [0.05, 0.1) is 5.60 Å². The number of hydrogen-bond donors (Lipinski definition) is 2. The number of aryl methyl sites for hydroxylation is 1. The zero-order valence-corrected chi connectivity index (χ0v) is 12.5. The molecule has 0 saturated carbocycles. The van der Waals surface area contributed by atoms with Crippen molar-refractivity contribution in [1.29, 1.82) is 0 Å². The maximum Gasteiger partial charge on any atom is 0.300 e. The predicted molar refractivity (Wildman–Crippen MR) is 80.7 cm³/mol. The number of rotatable bonds is 5. The molecule has 1 aromatic carbocycles. The minimum atomic E-state index is -0.833. The summed E-state index contributed by atoms with van der Waals surface area (Å²) in [5, 5.41) is 17.4. The molecule has 1 aromatic rings. The van der Waals surface area contributed by atoms with Crippen molar-refractivity contribution in [2.75, 3.05) is 5.75 Å². The molecular formula is C15H22O3S. The molecule has 0 aromatic heterocycles. The lowest BCUT2D eigenvalue weighted by Crippen LogP contribution is -2.26. The van der Waals surface area contributed by atoms with E-state index in [9.17, 15) is 5.11 Å². The van der Waals surface area contributed by atoms with Crippen LogP contribution in [-0.2, 0) is 4.79 Å². The molecule has 0 bridgehead atoms. The Hall–Kier alpha value is -1.26. The lowest BCUT2D eigenvalue weighted by atomic mass is 10.1. The Balaban J connectivity index is 0.000000711. The van der Waals surface area contributed by atoms with E-state index in [2.05, 4.69) is 37.8 Å². The Bertz CT molecular complexity index is 392. The number of carboxylic acid groups (broad SMARTS) is 1. The molecule has 0 aliphatic rings. The minimum absolute atomic E-state index is 0.631. The number of benzene rings is 1. The van der Waals surface area contributed by atoms with E-state index in [0.717, 1.165) is 6.92 Å². The second-order valence-corrected chi connectivity index (χ2v) is 5.66. The van der Waals surface area contributed by atoms with Crippen molar-refractivity contribution in [3.05, 3.63) is 42.5 Å². The largest absolute Gasteiger partial charge is 0.481 e. The fourth-order valence-corrected chi connectivity index (χ4v) is 2.17. The standard InChI is InChI=1S/C13H18OS.C2H4O2/c1-4-9-13(3,14)10-15-12-7-5-11(2)6-8-12;1-2(3)4/h4-8,14H,1,9-10H2,2-3H3;1H3,(H,3,4). The number of hydrogen-bond acceptors (Lipinski definition) is 3. The molecule has 0 aliphatic heterocycles. The number of carbonyl (C=O) groups is 1. The molecule has 3 nitrogen and oxygen atoms in total. The molecule has 0 radical (unpaired) electrons. The number of thioether (sulfide) groups is 1. The first kappa shape index (κ1) is 17.7. The van der Waals surface area contributed by atoms with Crippen LogP contribution in [0, 0.1) is 6.92 Å². The number of aliphatic hydroxyl groups is 1. The first-order chi connectivity index (χ1) is 8.76. The third-order valence-electron chi connectivity index (χ3n) is 2.15. The van der Waals surface area contributed by atoms with E-state index in [1.165, 1.54) is 10.5 Å². The fourth-order valence-electron chi connectivity index (χ4n) is 1.24. The van der Waals surface area contributed by atoms with Crippen LogP contribution in [0.5, 0.6) is 0 Å². The number of aliphatic carboxylic acids is 1. The van der Waals surface area contributed by atoms with Gasteiger partial charge < -0.3 is 10.2 Å². The van der Waals surface area contributed by atoms with Crippen molar-refractivity contribution in [1.82, 2.24) is 0 Å². The summed E-state index contributed by atoms with van der Waals surface area (Å²) in [6, 6.07) is 8.35. The van der Waals surface area contributed by atoms with Crippen molar-refractivity contribution < 1.29 is 15.0 Å². The minimum Gasteiger partial charge on any atom is -0.481 e. The summed E-state index contributed by atoms with van der Waals surface area (Å²) < 4.78 is 0. The first-order valence-electron chi connectivity index (χ1n) is 5.99. The van der Waals surface area contributed by atoms with Crippen molar-refractivity contribution in [3.8, 4) is 0 Å². The summed E-state index contributed by atoms with van der Waals surface area (Å²) in [6.07, 6.45) is 2.39. The monoisotopic (exact) mass is 282 g/mol. The Morgan fingerprint density at radius 1 is 1.42 bits per heavy atom. The Morgan fingerprint density at radius 2 is 1.89 bits per heavy atom. The summed E-state index contributed by atoms with van der Waals surface area (Å²) in [6.45, 7) is 8.64. The van der Waals surface area contributed by atoms with Crippen molar-refractivity contribution in [2.45, 2.75) is 37.7 Å². The van der Waals surface area contributed by atoms with Crippen molar-refractivity contribution in [2.24, 2.45) is 0 Å². The predicted octanol–water partition coefficient (Wildman–Crippen LogP) is 3.51. The Morgan fingerprint density at radius 3 is 2.32 bits per heavy atom. The van der Waals surface area contributed by atoms with E-state index in [-0.39, 0.29) is 0 Å². The Kier molecular flexibility index (Phi) is 8.19. The average Bonchev–Trinajstić information content (AvgIpc) is 2.27. The molecule has 19 heavy (non-hydrogen) atoms. The van der Waals surface area contributed by atoms with Gasteiger partial charge in [0.1, 0.15) is 0 Å². The SMILES string of the molecule is C=CCC(C)(O)CSc1ccc(C)cc1.CC(=O)O. The summed E-state index contributed by atoms with van der Waals surface area (Å²) in [4.78, 5) is 10.2. The molecule has 1 unspecified atom stereocenters. The number of carboxylic acids is 1. The van der Waals surface area contributed by atoms with Crippen LogP contribution in [0.25, 0.3) is 0 Å². The van der Waals surface area contributed by atoms with Crippen LogP contribution in [-0.4, -0.2) is 27.5 Å². The molecule has 4 heteroatoms. The smallest absolute Gasteiger partial charge is 0.300 e. The Labute approximate surface area is 119 Å². The molecule has 0 spiro atoms. The molecule has 106 valence electrons. The van der Waals surface area contributed by atoms with Gasteiger partial charge in [-0.1, -0.05) is 23.8 Å². The van der Waals surface area contributed by atoms with Gasteiger partial charge in [-0.15, -0.1) is 18.3 Å². The molecule has 1 atom stereocenters. The maximum atomic E-state index is 9.94. The summed E-state index contributed by atoms with van der Waals surface area (Å²) in [5.74, 6) is -0.137. The normalized spacial score (nSPS) is 12.8. The van der Waals surface area contributed by atoms with E-state index in [1.807, 2.05) is 6.92 Å². The molecule has 0 aliphatic carbocycles. The van der Waals surface area contributed by atoms with Crippen LogP contribution in [0.3, 0.4) is 0 Å². The van der Waals surface area contributed by atoms with Gasteiger partial charge >= 0.3 is 0 Å². The third kappa shape index (κ3) is 10.4. The molecule has 0 saturated heterocycles. The van der Waals surface area contributed by atoms with Gasteiger partial charge in [0.25, 0.3) is 5.97 Å². The van der Waals surface area contributed by atoms with Crippen LogP contribution >= 0.6 is 11.8 Å². The third-order valence-corrected chi connectivity index (χ3v) is 3.53. The van der Waals surface area contributed by atoms with Crippen molar-refractivity contribution in [3.63, 3.8) is 0 Å². The van der Waals surface area contributed by atoms with Crippen LogP contribution in [0.15, 0.2) is 41.8 Å². The molecule has 0 amide bonds. The molecule has 1 rings (SSSR count). The molecule has 0 heterocycles. The summed E-state index contributed by atoms with van der Waals surface area (Å²) in [5.41, 5.74) is 0.606. The zero-order chi connectivity index (χ0) is 14.9. The van der Waals surface area contributed by atoms with Crippen LogP contribution in [0.4, 0.5) is 0 Å². The van der Waals surface area contributed by atoms with Gasteiger partial charge in [-0.05, 0) is 32.4 Å². The quantitative estimate of drug-likeness (QED) is 0.641. The highest BCUT2D eigenvalue weighted by Crippen LogP contribution is 2.24. The molecular weight excluding hydrogens is 260 g/mol. The average molecular weight is 282 g/mol. The van der Waals surface area contributed by atoms with Gasteiger partial charge in [-0.3, -0.25) is 4.79 Å². The van der Waals surface area contributed by atoms with E-state index in [1.54, 1.807) is 17.8 Å². The fraction of sp³-hybridized carbons (Fsp3) is 0.400. The van der Waals surface area contributed by atoms with Crippen LogP contribution in [0.1, 0.15) is 25.8 Å². The lowest BCUT2D eigenvalue weighted by molar-refractivity contribution is -0.134. The maximum absolute atomic E-state index is 9.94. The lowest BCUT2D eigenvalue weighted by Gasteiger charge is -2.20. The molecule has 2 N–H and O–H groups in total. The molecule has 0 fully saturated rings. The van der Waals surface area contributed by atoms with Crippen molar-refractivity contribution >= 4 is 17.7 Å². The van der Waals surface area contributed by atoms with Crippen LogP contribution in [0.2, 0.25) is 0 Å². The topological polar surface area (TPSA) is 57.5 Å². The van der Waals surface area contributed by atoms with E-state index in [4.69, 9.17) is 9.90 Å². The van der Waals surface area contributed by atoms with Gasteiger partial charge in [0.2, 0.25) is 0 Å². The summed E-state index contributed by atoms with van der Waals surface area (Å²) in [7, 11) is 0. The highest BCUT2D eigenvalue weighted by atomic mass is 32.2. The van der Waals surface area contributed by atoms with Gasteiger partial charge in [0.15, 0.2) is 0 Å². The first-order valence-corrected chi connectivity index (χ1v) is 6.97. The van der Waals surface area contributed by atoms with E-state index in [0.29, 0.717) is 12.2 Å². The van der Waals surface area contributed by atoms with Crippen LogP contribution < -0.4 is 0 Å². The summed E-state index contributed by atoms with van der Waals surface area (Å²) >= 11 is 1.68. The van der Waals surface area contributed by atoms with Gasteiger partial charge in [0, 0.05) is 17.6 Å². The van der Waals surface area contributed by atoms with E-state index < -0.39 is 11.6 Å². The zero-order valence-electron chi connectivity index (χ0n) is 11.7. The highest BCUT2D eigenvalue weighted by Gasteiger charge is 2.18.